The van der Waals surface area contributed by atoms with Crippen LogP contribution in [0.3, 0.4) is 0 Å². The van der Waals surface area contributed by atoms with Crippen LogP contribution in [-0.4, -0.2) is 28.8 Å². The van der Waals surface area contributed by atoms with Gasteiger partial charge in [-0.15, -0.1) is 0 Å². The SMILES string of the molecule is O=C(NCCCn1nc(C(F)(F)F)c(Cl)c1C1CC1)c1cc(Br)ccc1OC(F)F. The average molecular weight is 517 g/mol. The molecule has 0 bridgehead atoms. The number of benzene rings is 1. The Hall–Kier alpha value is -1.88. The van der Waals surface area contributed by atoms with Crippen LogP contribution in [0.1, 0.15) is 46.9 Å². The second-order valence-corrected chi connectivity index (χ2v) is 7.97. The summed E-state index contributed by atoms with van der Waals surface area (Å²) in [4.78, 5) is 12.3. The third-order valence-electron chi connectivity index (χ3n) is 4.40. The Labute approximate surface area is 181 Å². The Balaban J connectivity index is 1.63. The molecule has 1 fully saturated rings. The zero-order valence-electron chi connectivity index (χ0n) is 15.3. The smallest absolute Gasteiger partial charge is 0.434 e. The van der Waals surface area contributed by atoms with Crippen molar-refractivity contribution in [2.45, 2.75) is 44.5 Å². The minimum Gasteiger partial charge on any atom is -0.434 e. The highest BCUT2D eigenvalue weighted by Crippen LogP contribution is 2.46. The molecule has 1 aliphatic carbocycles. The lowest BCUT2D eigenvalue weighted by atomic mass is 10.2. The van der Waals surface area contributed by atoms with Gasteiger partial charge in [0.2, 0.25) is 0 Å². The molecule has 1 N–H and O–H groups in total. The number of rotatable bonds is 8. The van der Waals surface area contributed by atoms with Gasteiger partial charge in [0.1, 0.15) is 5.75 Å². The Bertz CT molecular complexity index is 931. The highest BCUT2D eigenvalue weighted by molar-refractivity contribution is 9.10. The van der Waals surface area contributed by atoms with Gasteiger partial charge in [0.25, 0.3) is 5.91 Å². The molecular formula is C18H16BrClF5N3O2. The number of nitrogens with one attached hydrogen (secondary N) is 1. The van der Waals surface area contributed by atoms with Crippen LogP contribution in [-0.2, 0) is 12.7 Å². The maximum absolute atomic E-state index is 13.1. The molecule has 0 radical (unpaired) electrons. The van der Waals surface area contributed by atoms with Crippen molar-refractivity contribution in [3.63, 3.8) is 0 Å². The Kier molecular flexibility index (Phi) is 6.91. The zero-order valence-corrected chi connectivity index (χ0v) is 17.6. The predicted octanol–water partition coefficient (Wildman–Crippen LogP) is 5.62. The fourth-order valence-corrected chi connectivity index (χ4v) is 3.71. The van der Waals surface area contributed by atoms with Crippen molar-refractivity contribution in [3.8, 4) is 5.75 Å². The van der Waals surface area contributed by atoms with Gasteiger partial charge < -0.3 is 10.1 Å². The Morgan fingerprint density at radius 2 is 2.07 bits per heavy atom. The van der Waals surface area contributed by atoms with Gasteiger partial charge in [0.05, 0.1) is 16.3 Å². The Morgan fingerprint density at radius 3 is 2.67 bits per heavy atom. The number of carbonyl (C=O) groups is 1. The number of halogens is 7. The minimum atomic E-state index is -4.65. The zero-order chi connectivity index (χ0) is 22.1. The Morgan fingerprint density at radius 1 is 1.37 bits per heavy atom. The van der Waals surface area contributed by atoms with E-state index < -0.39 is 24.4 Å². The summed E-state index contributed by atoms with van der Waals surface area (Å²) in [7, 11) is 0. The van der Waals surface area contributed by atoms with Gasteiger partial charge in [0, 0.05) is 23.5 Å². The van der Waals surface area contributed by atoms with Crippen molar-refractivity contribution in [2.75, 3.05) is 6.54 Å². The van der Waals surface area contributed by atoms with E-state index in [1.165, 1.54) is 22.9 Å². The minimum absolute atomic E-state index is 0.0496. The van der Waals surface area contributed by atoms with Crippen LogP contribution >= 0.6 is 27.5 Å². The van der Waals surface area contributed by atoms with Crippen LogP contribution in [0.25, 0.3) is 0 Å². The topological polar surface area (TPSA) is 56.2 Å². The molecule has 5 nitrogen and oxygen atoms in total. The summed E-state index contributed by atoms with van der Waals surface area (Å²) >= 11 is 9.07. The van der Waals surface area contributed by atoms with E-state index in [-0.39, 0.29) is 41.8 Å². The van der Waals surface area contributed by atoms with E-state index in [2.05, 4.69) is 31.1 Å². The van der Waals surface area contributed by atoms with E-state index in [0.717, 1.165) is 12.8 Å². The van der Waals surface area contributed by atoms with Crippen molar-refractivity contribution >= 4 is 33.4 Å². The fourth-order valence-electron chi connectivity index (χ4n) is 2.96. The molecule has 0 aliphatic heterocycles. The highest BCUT2D eigenvalue weighted by atomic mass is 79.9. The molecule has 1 amide bonds. The molecular weight excluding hydrogens is 501 g/mol. The number of aryl methyl sites for hydroxylation is 1. The maximum Gasteiger partial charge on any atom is 0.436 e. The largest absolute Gasteiger partial charge is 0.436 e. The fraction of sp³-hybridized carbons (Fsp3) is 0.444. The molecule has 0 atom stereocenters. The summed E-state index contributed by atoms with van der Waals surface area (Å²) in [6.07, 6.45) is -2.90. The number of ether oxygens (including phenoxy) is 1. The molecule has 0 spiro atoms. The lowest BCUT2D eigenvalue weighted by Crippen LogP contribution is -2.26. The number of hydrogen-bond acceptors (Lipinski definition) is 3. The van der Waals surface area contributed by atoms with Gasteiger partial charge in [-0.2, -0.15) is 27.1 Å². The summed E-state index contributed by atoms with van der Waals surface area (Å²) in [5.74, 6) is -0.981. The van der Waals surface area contributed by atoms with Gasteiger partial charge in [-0.3, -0.25) is 9.48 Å². The first-order valence-corrected chi connectivity index (χ1v) is 10.1. The van der Waals surface area contributed by atoms with E-state index in [4.69, 9.17) is 11.6 Å². The van der Waals surface area contributed by atoms with Crippen LogP contribution in [0, 0.1) is 0 Å². The molecule has 0 saturated heterocycles. The van der Waals surface area contributed by atoms with Crippen LogP contribution in [0.15, 0.2) is 22.7 Å². The lowest BCUT2D eigenvalue weighted by Gasteiger charge is -2.12. The number of aromatic nitrogens is 2. The normalized spacial score (nSPS) is 14.3. The quantitative estimate of drug-likeness (QED) is 0.366. The summed E-state index contributed by atoms with van der Waals surface area (Å²) in [6.45, 7) is -2.89. The predicted molar refractivity (Wildman–Crippen MR) is 102 cm³/mol. The van der Waals surface area contributed by atoms with E-state index in [1.807, 2.05) is 0 Å². The van der Waals surface area contributed by atoms with Gasteiger partial charge in [0.15, 0.2) is 5.69 Å². The number of nitrogens with zero attached hydrogens (tertiary/aromatic N) is 2. The summed E-state index contributed by atoms with van der Waals surface area (Å²) in [6, 6.07) is 4.02. The van der Waals surface area contributed by atoms with Crippen molar-refractivity contribution < 1.29 is 31.5 Å². The van der Waals surface area contributed by atoms with Crippen LogP contribution in [0.4, 0.5) is 22.0 Å². The molecule has 1 aromatic carbocycles. The van der Waals surface area contributed by atoms with Crippen LogP contribution in [0.2, 0.25) is 5.02 Å². The van der Waals surface area contributed by atoms with Gasteiger partial charge in [-0.05, 0) is 37.5 Å². The highest BCUT2D eigenvalue weighted by Gasteiger charge is 2.41. The van der Waals surface area contributed by atoms with Gasteiger partial charge in [-0.1, -0.05) is 27.5 Å². The first-order chi connectivity index (χ1) is 14.1. The third kappa shape index (κ3) is 5.42. The molecule has 164 valence electrons. The second-order valence-electron chi connectivity index (χ2n) is 6.67. The molecule has 1 heterocycles. The standard InChI is InChI=1S/C18H16BrClF5N3O2/c19-10-4-5-12(30-17(21)22)11(8-10)16(29)26-6-1-7-28-14(9-2-3-9)13(20)15(27-28)18(23,24)25/h4-5,8-9,17H,1-3,6-7H2,(H,26,29). The molecule has 2 aromatic rings. The first kappa shape index (κ1) is 22.8. The molecule has 3 rings (SSSR count). The first-order valence-electron chi connectivity index (χ1n) is 8.94. The summed E-state index contributed by atoms with van der Waals surface area (Å²) in [5, 5.41) is 5.78. The van der Waals surface area contributed by atoms with Crippen molar-refractivity contribution in [1.29, 1.82) is 0 Å². The molecule has 1 saturated carbocycles. The number of alkyl halides is 5. The third-order valence-corrected chi connectivity index (χ3v) is 5.26. The monoisotopic (exact) mass is 515 g/mol. The van der Waals surface area contributed by atoms with Crippen LogP contribution in [0.5, 0.6) is 5.75 Å². The summed E-state index contributed by atoms with van der Waals surface area (Å²) in [5.41, 5.74) is -0.849. The molecule has 1 aliphatic rings. The molecule has 30 heavy (non-hydrogen) atoms. The van der Waals surface area contributed by atoms with E-state index in [1.54, 1.807) is 0 Å². The molecule has 12 heteroatoms. The maximum atomic E-state index is 13.1. The van der Waals surface area contributed by atoms with Crippen molar-refractivity contribution in [1.82, 2.24) is 15.1 Å². The van der Waals surface area contributed by atoms with E-state index in [0.29, 0.717) is 10.2 Å². The lowest BCUT2D eigenvalue weighted by molar-refractivity contribution is -0.141. The average Bonchev–Trinajstić information content (AvgIpc) is 3.42. The van der Waals surface area contributed by atoms with Crippen molar-refractivity contribution in [3.05, 3.63) is 44.6 Å². The van der Waals surface area contributed by atoms with E-state index >= 15 is 0 Å². The van der Waals surface area contributed by atoms with Crippen molar-refractivity contribution in [2.24, 2.45) is 0 Å². The van der Waals surface area contributed by atoms with E-state index in [9.17, 15) is 26.7 Å². The van der Waals surface area contributed by atoms with Crippen LogP contribution < -0.4 is 10.1 Å². The number of hydrogen-bond donors (Lipinski definition) is 1. The number of carbonyl (C=O) groups excluding carboxylic acids is 1. The van der Waals surface area contributed by atoms with Gasteiger partial charge >= 0.3 is 12.8 Å². The molecule has 1 aromatic heterocycles. The summed E-state index contributed by atoms with van der Waals surface area (Å²) < 4.78 is 70.4. The molecule has 0 unspecified atom stereocenters. The second kappa shape index (κ2) is 9.09. The van der Waals surface area contributed by atoms with Gasteiger partial charge in [-0.25, -0.2) is 0 Å². The number of amides is 1.